The number of hydrogen-bond acceptors (Lipinski definition) is 4. The molecular formula is C11H17ClN4. The molecule has 0 saturated carbocycles. The van der Waals surface area contributed by atoms with Gasteiger partial charge in [-0.2, -0.15) is 5.10 Å². The normalized spacial score (nSPS) is 22.0. The summed E-state index contributed by atoms with van der Waals surface area (Å²) in [7, 11) is 0. The predicted molar refractivity (Wildman–Crippen MR) is 65.8 cm³/mol. The first kappa shape index (κ1) is 11.6. The second-order valence-electron chi connectivity index (χ2n) is 4.14. The molecule has 1 atom stereocenters. The van der Waals surface area contributed by atoms with Crippen molar-refractivity contribution in [3.05, 3.63) is 17.4 Å². The summed E-state index contributed by atoms with van der Waals surface area (Å²) < 4.78 is 0. The van der Waals surface area contributed by atoms with Crippen molar-refractivity contribution in [3.63, 3.8) is 0 Å². The van der Waals surface area contributed by atoms with Gasteiger partial charge in [-0.05, 0) is 25.9 Å². The smallest absolute Gasteiger partial charge is 0.153 e. The Morgan fingerprint density at radius 1 is 1.62 bits per heavy atom. The molecule has 0 radical (unpaired) electrons. The lowest BCUT2D eigenvalue weighted by Gasteiger charge is -2.32. The zero-order chi connectivity index (χ0) is 11.4. The maximum atomic E-state index is 5.79. The van der Waals surface area contributed by atoms with Gasteiger partial charge in [0, 0.05) is 18.7 Å². The lowest BCUT2D eigenvalue weighted by Crippen LogP contribution is -2.41. The van der Waals surface area contributed by atoms with E-state index in [0.717, 1.165) is 18.8 Å². The fourth-order valence-corrected chi connectivity index (χ4v) is 2.28. The van der Waals surface area contributed by atoms with Crippen LogP contribution in [-0.2, 0) is 0 Å². The lowest BCUT2D eigenvalue weighted by atomic mass is 10.1. The van der Waals surface area contributed by atoms with Crippen LogP contribution in [0.3, 0.4) is 0 Å². The van der Waals surface area contributed by atoms with Gasteiger partial charge in [-0.3, -0.25) is 0 Å². The molecule has 1 N–H and O–H groups in total. The first-order valence-corrected chi connectivity index (χ1v) is 6.13. The average molecular weight is 241 g/mol. The zero-order valence-electron chi connectivity index (χ0n) is 9.49. The Morgan fingerprint density at radius 3 is 3.25 bits per heavy atom. The Labute approximate surface area is 101 Å². The highest BCUT2D eigenvalue weighted by Crippen LogP contribution is 2.16. The molecule has 0 aromatic carbocycles. The van der Waals surface area contributed by atoms with Crippen molar-refractivity contribution < 1.29 is 0 Å². The number of likely N-dealkylation sites (tertiary alicyclic amines) is 1. The van der Waals surface area contributed by atoms with Crippen LogP contribution in [0.4, 0.5) is 5.69 Å². The second kappa shape index (κ2) is 5.46. The van der Waals surface area contributed by atoms with Gasteiger partial charge in [-0.1, -0.05) is 18.5 Å². The minimum Gasteiger partial charge on any atom is -0.380 e. The van der Waals surface area contributed by atoms with E-state index in [-0.39, 0.29) is 0 Å². The Balaban J connectivity index is 1.94. The molecule has 0 amide bonds. The van der Waals surface area contributed by atoms with Crippen LogP contribution in [0, 0.1) is 0 Å². The summed E-state index contributed by atoms with van der Waals surface area (Å²) in [5, 5.41) is 11.5. The molecule has 1 aromatic heterocycles. The number of piperidine rings is 1. The Bertz CT molecular complexity index is 345. The summed E-state index contributed by atoms with van der Waals surface area (Å²) in [6, 6.07) is 2.31. The van der Waals surface area contributed by atoms with Crippen LogP contribution in [0.2, 0.25) is 5.15 Å². The van der Waals surface area contributed by atoms with E-state index in [1.807, 2.05) is 6.07 Å². The lowest BCUT2D eigenvalue weighted by molar-refractivity contribution is 0.227. The maximum Gasteiger partial charge on any atom is 0.153 e. The molecule has 16 heavy (non-hydrogen) atoms. The number of aromatic nitrogens is 2. The van der Waals surface area contributed by atoms with E-state index < -0.39 is 0 Å². The molecule has 1 aromatic rings. The maximum absolute atomic E-state index is 5.79. The molecule has 4 nitrogen and oxygen atoms in total. The van der Waals surface area contributed by atoms with Crippen LogP contribution >= 0.6 is 11.6 Å². The van der Waals surface area contributed by atoms with Gasteiger partial charge in [0.05, 0.1) is 11.9 Å². The number of hydrogen-bond donors (Lipinski definition) is 1. The van der Waals surface area contributed by atoms with Gasteiger partial charge in [0.25, 0.3) is 0 Å². The van der Waals surface area contributed by atoms with E-state index in [4.69, 9.17) is 11.6 Å². The monoisotopic (exact) mass is 240 g/mol. The Kier molecular flexibility index (Phi) is 3.96. The van der Waals surface area contributed by atoms with Crippen molar-refractivity contribution in [1.82, 2.24) is 15.1 Å². The van der Waals surface area contributed by atoms with Crippen molar-refractivity contribution in [3.8, 4) is 0 Å². The third-order valence-corrected chi connectivity index (χ3v) is 3.13. The molecule has 2 rings (SSSR count). The van der Waals surface area contributed by atoms with Crippen molar-refractivity contribution in [1.29, 1.82) is 0 Å². The molecule has 1 aliphatic heterocycles. The van der Waals surface area contributed by atoms with Gasteiger partial charge in [0.2, 0.25) is 0 Å². The first-order chi connectivity index (χ1) is 7.78. The van der Waals surface area contributed by atoms with Crippen LogP contribution < -0.4 is 5.32 Å². The SMILES string of the molecule is CCN1CCCC(Nc2cnnc(Cl)c2)C1. The Hall–Kier alpha value is -0.870. The second-order valence-corrected chi connectivity index (χ2v) is 4.53. The van der Waals surface area contributed by atoms with Crippen LogP contribution in [0.5, 0.6) is 0 Å². The molecule has 0 bridgehead atoms. The van der Waals surface area contributed by atoms with Gasteiger partial charge in [0.15, 0.2) is 5.15 Å². The summed E-state index contributed by atoms with van der Waals surface area (Å²) in [5.41, 5.74) is 0.961. The molecule has 1 fully saturated rings. The third kappa shape index (κ3) is 3.06. The summed E-state index contributed by atoms with van der Waals surface area (Å²) >= 11 is 5.79. The van der Waals surface area contributed by atoms with Gasteiger partial charge in [0.1, 0.15) is 0 Å². The van der Waals surface area contributed by atoms with Crippen molar-refractivity contribution >= 4 is 17.3 Å². The molecule has 1 saturated heterocycles. The molecule has 0 spiro atoms. The van der Waals surface area contributed by atoms with E-state index in [1.54, 1.807) is 6.20 Å². The van der Waals surface area contributed by atoms with Crippen LogP contribution in [0.1, 0.15) is 19.8 Å². The highest BCUT2D eigenvalue weighted by molar-refractivity contribution is 6.29. The van der Waals surface area contributed by atoms with E-state index in [1.165, 1.54) is 19.4 Å². The molecule has 2 heterocycles. The molecule has 0 aliphatic carbocycles. The number of rotatable bonds is 3. The number of nitrogens with zero attached hydrogens (tertiary/aromatic N) is 3. The number of halogens is 1. The van der Waals surface area contributed by atoms with E-state index in [0.29, 0.717) is 11.2 Å². The minimum absolute atomic E-state index is 0.438. The highest BCUT2D eigenvalue weighted by Gasteiger charge is 2.18. The molecule has 88 valence electrons. The van der Waals surface area contributed by atoms with Crippen molar-refractivity contribution in [2.24, 2.45) is 0 Å². The topological polar surface area (TPSA) is 41.0 Å². The Morgan fingerprint density at radius 2 is 2.50 bits per heavy atom. The van der Waals surface area contributed by atoms with Crippen molar-refractivity contribution in [2.75, 3.05) is 25.0 Å². The van der Waals surface area contributed by atoms with Crippen LogP contribution in [0.15, 0.2) is 12.3 Å². The summed E-state index contributed by atoms with van der Waals surface area (Å²) in [6.45, 7) is 5.63. The number of likely N-dealkylation sites (N-methyl/N-ethyl adjacent to an activating group) is 1. The highest BCUT2D eigenvalue weighted by atomic mass is 35.5. The van der Waals surface area contributed by atoms with Gasteiger partial charge in [-0.15, -0.1) is 5.10 Å². The number of anilines is 1. The molecular weight excluding hydrogens is 224 g/mol. The quantitative estimate of drug-likeness (QED) is 0.878. The predicted octanol–water partition coefficient (Wildman–Crippen LogP) is 2.03. The third-order valence-electron chi connectivity index (χ3n) is 2.95. The first-order valence-electron chi connectivity index (χ1n) is 5.75. The molecule has 5 heteroatoms. The van der Waals surface area contributed by atoms with E-state index >= 15 is 0 Å². The fourth-order valence-electron chi connectivity index (χ4n) is 2.12. The van der Waals surface area contributed by atoms with Gasteiger partial charge >= 0.3 is 0 Å². The summed E-state index contributed by atoms with van der Waals surface area (Å²) in [4.78, 5) is 2.46. The fraction of sp³-hybridized carbons (Fsp3) is 0.636. The summed E-state index contributed by atoms with van der Waals surface area (Å²) in [5.74, 6) is 0. The molecule has 1 unspecified atom stereocenters. The van der Waals surface area contributed by atoms with Crippen LogP contribution in [-0.4, -0.2) is 40.8 Å². The minimum atomic E-state index is 0.438. The largest absolute Gasteiger partial charge is 0.380 e. The average Bonchev–Trinajstić information content (AvgIpc) is 2.29. The van der Waals surface area contributed by atoms with E-state index in [2.05, 4.69) is 27.3 Å². The number of nitrogens with one attached hydrogen (secondary N) is 1. The molecule has 1 aliphatic rings. The van der Waals surface area contributed by atoms with Gasteiger partial charge in [-0.25, -0.2) is 0 Å². The van der Waals surface area contributed by atoms with E-state index in [9.17, 15) is 0 Å². The summed E-state index contributed by atoms with van der Waals surface area (Å²) in [6.07, 6.45) is 4.17. The zero-order valence-corrected chi connectivity index (χ0v) is 10.2. The standard InChI is InChI=1S/C11H17ClN4/c1-2-16-5-3-4-9(8-16)14-10-6-11(12)15-13-7-10/h6-7,9H,2-5,8H2,1H3,(H,14,15). The van der Waals surface area contributed by atoms with Crippen LogP contribution in [0.25, 0.3) is 0 Å². The van der Waals surface area contributed by atoms with Gasteiger partial charge < -0.3 is 10.2 Å². The van der Waals surface area contributed by atoms with Crippen molar-refractivity contribution in [2.45, 2.75) is 25.8 Å².